The molecule has 0 bridgehead atoms. The number of rotatable bonds is 4. The summed E-state index contributed by atoms with van der Waals surface area (Å²) >= 11 is 0. The van der Waals surface area contributed by atoms with Crippen molar-refractivity contribution in [1.82, 2.24) is 9.97 Å². The SMILES string of the molecule is CCN(c1cccc(C)c1)c1cc(C)nc(N2CCc3ccccc32)n1. The van der Waals surface area contributed by atoms with Gasteiger partial charge in [0.05, 0.1) is 0 Å². The fourth-order valence-corrected chi connectivity index (χ4v) is 3.61. The van der Waals surface area contributed by atoms with E-state index in [9.17, 15) is 0 Å². The molecule has 4 nitrogen and oxygen atoms in total. The van der Waals surface area contributed by atoms with Gasteiger partial charge in [0.15, 0.2) is 0 Å². The fourth-order valence-electron chi connectivity index (χ4n) is 3.61. The van der Waals surface area contributed by atoms with Crippen molar-refractivity contribution in [3.63, 3.8) is 0 Å². The Kier molecular flexibility index (Phi) is 4.33. The van der Waals surface area contributed by atoms with Crippen molar-refractivity contribution in [1.29, 1.82) is 0 Å². The minimum Gasteiger partial charge on any atom is -0.326 e. The summed E-state index contributed by atoms with van der Waals surface area (Å²) in [5.74, 6) is 1.74. The van der Waals surface area contributed by atoms with Gasteiger partial charge in [0, 0.05) is 36.2 Å². The first-order valence-electron chi connectivity index (χ1n) is 9.21. The van der Waals surface area contributed by atoms with Crippen LogP contribution in [0.25, 0.3) is 0 Å². The summed E-state index contributed by atoms with van der Waals surface area (Å²) in [5, 5.41) is 0. The number of anilines is 4. The molecular formula is C22H24N4. The van der Waals surface area contributed by atoms with Crippen molar-refractivity contribution in [3.8, 4) is 0 Å². The average Bonchev–Trinajstić information content (AvgIpc) is 3.06. The molecule has 0 radical (unpaired) electrons. The number of nitrogens with zero attached hydrogens (tertiary/aromatic N) is 4. The number of aryl methyl sites for hydroxylation is 2. The van der Waals surface area contributed by atoms with Gasteiger partial charge in [-0.3, -0.25) is 0 Å². The van der Waals surface area contributed by atoms with Crippen LogP contribution in [0.2, 0.25) is 0 Å². The Hall–Kier alpha value is -2.88. The summed E-state index contributed by atoms with van der Waals surface area (Å²) in [5.41, 5.74) is 5.99. The van der Waals surface area contributed by atoms with Crippen molar-refractivity contribution in [2.75, 3.05) is 22.9 Å². The van der Waals surface area contributed by atoms with Gasteiger partial charge in [0.2, 0.25) is 5.95 Å². The second-order valence-electron chi connectivity index (χ2n) is 6.78. The van der Waals surface area contributed by atoms with Gasteiger partial charge in [-0.15, -0.1) is 0 Å². The minimum atomic E-state index is 0.788. The molecule has 4 rings (SSSR count). The summed E-state index contributed by atoms with van der Waals surface area (Å²) in [4.78, 5) is 14.1. The molecule has 0 saturated carbocycles. The number of hydrogen-bond donors (Lipinski definition) is 0. The van der Waals surface area contributed by atoms with Crippen molar-refractivity contribution in [2.45, 2.75) is 27.2 Å². The van der Waals surface area contributed by atoms with Crippen molar-refractivity contribution in [2.24, 2.45) is 0 Å². The normalized spacial score (nSPS) is 13.0. The monoisotopic (exact) mass is 344 g/mol. The van der Waals surface area contributed by atoms with Gasteiger partial charge in [0.1, 0.15) is 5.82 Å². The Morgan fingerprint density at radius 2 is 1.85 bits per heavy atom. The zero-order valence-electron chi connectivity index (χ0n) is 15.6. The van der Waals surface area contributed by atoms with Gasteiger partial charge in [-0.1, -0.05) is 30.3 Å². The molecule has 2 aromatic carbocycles. The smallest absolute Gasteiger partial charge is 0.232 e. The molecule has 2 heterocycles. The zero-order valence-corrected chi connectivity index (χ0v) is 15.6. The highest BCUT2D eigenvalue weighted by molar-refractivity contribution is 5.68. The molecule has 0 spiro atoms. The lowest BCUT2D eigenvalue weighted by molar-refractivity contribution is 0.907. The standard InChI is InChI=1S/C22H24N4/c1-4-25(19-10-7-8-16(2)14-19)21-15-17(3)23-22(24-21)26-13-12-18-9-5-6-11-20(18)26/h5-11,14-15H,4,12-13H2,1-3H3. The van der Waals surface area contributed by atoms with E-state index in [2.05, 4.69) is 78.2 Å². The zero-order chi connectivity index (χ0) is 18.1. The van der Waals surface area contributed by atoms with Crippen LogP contribution in [0.5, 0.6) is 0 Å². The van der Waals surface area contributed by atoms with Gasteiger partial charge in [-0.2, -0.15) is 4.98 Å². The molecule has 3 aromatic rings. The summed E-state index contributed by atoms with van der Waals surface area (Å²) in [6.45, 7) is 8.11. The molecule has 132 valence electrons. The van der Waals surface area contributed by atoms with E-state index in [4.69, 9.17) is 9.97 Å². The van der Waals surface area contributed by atoms with Gasteiger partial charge >= 0.3 is 0 Å². The maximum absolute atomic E-state index is 4.93. The molecule has 0 unspecified atom stereocenters. The van der Waals surface area contributed by atoms with E-state index >= 15 is 0 Å². The molecule has 1 aliphatic heterocycles. The van der Waals surface area contributed by atoms with Crippen LogP contribution >= 0.6 is 0 Å². The Labute approximate surface area is 155 Å². The first-order valence-corrected chi connectivity index (χ1v) is 9.21. The number of para-hydroxylation sites is 1. The lowest BCUT2D eigenvalue weighted by atomic mass is 10.2. The Morgan fingerprint density at radius 3 is 2.65 bits per heavy atom. The lowest BCUT2D eigenvalue weighted by Crippen LogP contribution is -2.21. The van der Waals surface area contributed by atoms with E-state index in [1.54, 1.807) is 0 Å². The molecule has 0 N–H and O–H groups in total. The minimum absolute atomic E-state index is 0.788. The largest absolute Gasteiger partial charge is 0.326 e. The van der Waals surface area contributed by atoms with Crippen molar-refractivity contribution in [3.05, 3.63) is 71.4 Å². The first-order chi connectivity index (χ1) is 12.7. The topological polar surface area (TPSA) is 32.3 Å². The molecule has 1 aromatic heterocycles. The van der Waals surface area contributed by atoms with E-state index in [-0.39, 0.29) is 0 Å². The Bertz CT molecular complexity index is 935. The molecule has 0 fully saturated rings. The van der Waals surface area contributed by atoms with E-state index in [0.717, 1.165) is 37.0 Å². The quantitative estimate of drug-likeness (QED) is 0.670. The van der Waals surface area contributed by atoms with E-state index in [1.807, 2.05) is 6.92 Å². The summed E-state index contributed by atoms with van der Waals surface area (Å²) < 4.78 is 0. The molecule has 4 heteroatoms. The van der Waals surface area contributed by atoms with Crippen LogP contribution in [0.15, 0.2) is 54.6 Å². The molecule has 0 aliphatic carbocycles. The molecule has 0 amide bonds. The third-order valence-corrected chi connectivity index (χ3v) is 4.86. The summed E-state index contributed by atoms with van der Waals surface area (Å²) in [7, 11) is 0. The van der Waals surface area contributed by atoms with Crippen LogP contribution in [0, 0.1) is 13.8 Å². The third kappa shape index (κ3) is 3.03. The second-order valence-corrected chi connectivity index (χ2v) is 6.78. The molecule has 26 heavy (non-hydrogen) atoms. The Balaban J connectivity index is 1.75. The van der Waals surface area contributed by atoms with Crippen molar-refractivity contribution < 1.29 is 0 Å². The molecular weight excluding hydrogens is 320 g/mol. The van der Waals surface area contributed by atoms with E-state index < -0.39 is 0 Å². The molecule has 0 atom stereocenters. The predicted octanol–water partition coefficient (Wildman–Crippen LogP) is 4.95. The average molecular weight is 344 g/mol. The van der Waals surface area contributed by atoms with Crippen LogP contribution < -0.4 is 9.80 Å². The highest BCUT2D eigenvalue weighted by Gasteiger charge is 2.23. The van der Waals surface area contributed by atoms with Gasteiger partial charge in [-0.05, 0) is 56.5 Å². The highest BCUT2D eigenvalue weighted by atomic mass is 15.3. The van der Waals surface area contributed by atoms with Crippen LogP contribution in [-0.4, -0.2) is 23.1 Å². The highest BCUT2D eigenvalue weighted by Crippen LogP contribution is 2.34. The van der Waals surface area contributed by atoms with Crippen LogP contribution in [-0.2, 0) is 6.42 Å². The number of benzene rings is 2. The number of fused-ring (bicyclic) bond motifs is 1. The second kappa shape index (κ2) is 6.79. The Morgan fingerprint density at radius 1 is 1.00 bits per heavy atom. The van der Waals surface area contributed by atoms with E-state index in [1.165, 1.54) is 22.5 Å². The van der Waals surface area contributed by atoms with Crippen LogP contribution in [0.4, 0.5) is 23.1 Å². The maximum Gasteiger partial charge on any atom is 0.232 e. The van der Waals surface area contributed by atoms with Gasteiger partial charge in [0.25, 0.3) is 0 Å². The van der Waals surface area contributed by atoms with E-state index in [0.29, 0.717) is 0 Å². The van der Waals surface area contributed by atoms with Gasteiger partial charge in [-0.25, -0.2) is 4.98 Å². The molecule has 0 saturated heterocycles. The van der Waals surface area contributed by atoms with Gasteiger partial charge < -0.3 is 9.80 Å². The van der Waals surface area contributed by atoms with Crippen LogP contribution in [0.3, 0.4) is 0 Å². The van der Waals surface area contributed by atoms with Crippen LogP contribution in [0.1, 0.15) is 23.7 Å². The van der Waals surface area contributed by atoms with Crippen molar-refractivity contribution >= 4 is 23.1 Å². The maximum atomic E-state index is 4.93. The molecule has 1 aliphatic rings. The predicted molar refractivity (Wildman–Crippen MR) is 108 cm³/mol. The fraction of sp³-hybridized carbons (Fsp3) is 0.273. The number of hydrogen-bond acceptors (Lipinski definition) is 4. The summed E-state index contributed by atoms with van der Waals surface area (Å²) in [6, 6.07) is 19.2. The number of aromatic nitrogens is 2. The lowest BCUT2D eigenvalue weighted by Gasteiger charge is -2.25. The summed E-state index contributed by atoms with van der Waals surface area (Å²) in [6.07, 6.45) is 1.04. The first kappa shape index (κ1) is 16.6. The third-order valence-electron chi connectivity index (χ3n) is 4.86.